The van der Waals surface area contributed by atoms with Crippen molar-refractivity contribution in [3.63, 3.8) is 0 Å². The monoisotopic (exact) mass is 303 g/mol. The van der Waals surface area contributed by atoms with Crippen molar-refractivity contribution in [2.24, 2.45) is 5.92 Å². The summed E-state index contributed by atoms with van der Waals surface area (Å²) in [7, 11) is 0. The third kappa shape index (κ3) is 3.52. The molecule has 0 saturated carbocycles. The first-order valence-corrected chi connectivity index (χ1v) is 8.38. The van der Waals surface area contributed by atoms with E-state index in [2.05, 4.69) is 58.9 Å². The molecule has 1 aliphatic heterocycles. The SMILES string of the molecule is CCC(CC)C(=O)N1CC(c2ccc(C)cc2)OCC1(C)C. The highest BCUT2D eigenvalue weighted by atomic mass is 16.5. The molecule has 1 aromatic carbocycles. The van der Waals surface area contributed by atoms with Crippen molar-refractivity contribution < 1.29 is 9.53 Å². The molecule has 0 aromatic heterocycles. The molecule has 2 rings (SSSR count). The van der Waals surface area contributed by atoms with Crippen molar-refractivity contribution in [1.82, 2.24) is 4.90 Å². The maximum absolute atomic E-state index is 12.9. The predicted molar refractivity (Wildman–Crippen MR) is 89.7 cm³/mol. The van der Waals surface area contributed by atoms with E-state index in [4.69, 9.17) is 4.74 Å². The number of hydrogen-bond donors (Lipinski definition) is 0. The van der Waals surface area contributed by atoms with Crippen molar-refractivity contribution >= 4 is 5.91 Å². The van der Waals surface area contributed by atoms with E-state index < -0.39 is 0 Å². The van der Waals surface area contributed by atoms with E-state index >= 15 is 0 Å². The topological polar surface area (TPSA) is 29.5 Å². The van der Waals surface area contributed by atoms with Gasteiger partial charge in [-0.1, -0.05) is 43.7 Å². The van der Waals surface area contributed by atoms with Crippen LogP contribution in [0.5, 0.6) is 0 Å². The molecule has 1 fully saturated rings. The van der Waals surface area contributed by atoms with Crippen molar-refractivity contribution in [3.05, 3.63) is 35.4 Å². The Hall–Kier alpha value is -1.35. The number of carbonyl (C=O) groups excluding carboxylic acids is 1. The highest BCUT2D eigenvalue weighted by molar-refractivity contribution is 5.79. The van der Waals surface area contributed by atoms with Gasteiger partial charge in [-0.15, -0.1) is 0 Å². The second kappa shape index (κ2) is 6.82. The summed E-state index contributed by atoms with van der Waals surface area (Å²) in [5, 5.41) is 0. The number of amides is 1. The largest absolute Gasteiger partial charge is 0.369 e. The van der Waals surface area contributed by atoms with Crippen LogP contribution in [0.15, 0.2) is 24.3 Å². The van der Waals surface area contributed by atoms with Crippen LogP contribution in [0.25, 0.3) is 0 Å². The van der Waals surface area contributed by atoms with Gasteiger partial charge in [0, 0.05) is 5.92 Å². The molecule has 122 valence electrons. The second-order valence-corrected chi connectivity index (χ2v) is 6.99. The van der Waals surface area contributed by atoms with Crippen LogP contribution in [0, 0.1) is 12.8 Å². The van der Waals surface area contributed by atoms with Crippen LogP contribution in [0.4, 0.5) is 0 Å². The molecule has 1 aromatic rings. The third-order valence-electron chi connectivity index (χ3n) is 4.77. The fraction of sp³-hybridized carbons (Fsp3) is 0.632. The minimum Gasteiger partial charge on any atom is -0.369 e. The van der Waals surface area contributed by atoms with E-state index in [-0.39, 0.29) is 23.5 Å². The molecule has 1 saturated heterocycles. The Morgan fingerprint density at radius 2 is 1.86 bits per heavy atom. The summed E-state index contributed by atoms with van der Waals surface area (Å²) in [4.78, 5) is 14.9. The summed E-state index contributed by atoms with van der Waals surface area (Å²) in [5.74, 6) is 0.395. The maximum atomic E-state index is 12.9. The lowest BCUT2D eigenvalue weighted by Crippen LogP contribution is -2.57. The Kier molecular flexibility index (Phi) is 5.28. The number of morpholine rings is 1. The molecule has 0 N–H and O–H groups in total. The third-order valence-corrected chi connectivity index (χ3v) is 4.77. The first-order chi connectivity index (χ1) is 10.4. The number of hydrogen-bond acceptors (Lipinski definition) is 2. The van der Waals surface area contributed by atoms with Gasteiger partial charge in [-0.25, -0.2) is 0 Å². The summed E-state index contributed by atoms with van der Waals surface area (Å²) < 4.78 is 6.05. The molecule has 3 heteroatoms. The number of rotatable bonds is 4. The minimum atomic E-state index is -0.235. The van der Waals surface area contributed by atoms with Crippen molar-refractivity contribution in [2.45, 2.75) is 59.1 Å². The number of benzene rings is 1. The average Bonchev–Trinajstić information content (AvgIpc) is 2.49. The van der Waals surface area contributed by atoms with Crippen LogP contribution >= 0.6 is 0 Å². The molecule has 0 spiro atoms. The van der Waals surface area contributed by atoms with Gasteiger partial charge in [0.2, 0.25) is 5.91 Å². The van der Waals surface area contributed by atoms with E-state index in [1.54, 1.807) is 0 Å². The Bertz CT molecular complexity index is 503. The Balaban J connectivity index is 2.19. The van der Waals surface area contributed by atoms with Gasteiger partial charge in [-0.05, 0) is 39.2 Å². The summed E-state index contributed by atoms with van der Waals surface area (Å²) in [6, 6.07) is 8.42. The Morgan fingerprint density at radius 3 is 2.41 bits per heavy atom. The minimum absolute atomic E-state index is 0.0214. The van der Waals surface area contributed by atoms with Crippen molar-refractivity contribution in [1.29, 1.82) is 0 Å². The molecule has 22 heavy (non-hydrogen) atoms. The standard InChI is InChI=1S/C19H29NO2/c1-6-15(7-2)18(21)20-12-17(22-13-19(20,4)5)16-10-8-14(3)9-11-16/h8-11,15,17H,6-7,12-13H2,1-5H3. The van der Waals surface area contributed by atoms with Crippen molar-refractivity contribution in [3.8, 4) is 0 Å². The van der Waals surface area contributed by atoms with E-state index in [0.29, 0.717) is 13.2 Å². The zero-order valence-electron chi connectivity index (χ0n) is 14.6. The zero-order valence-corrected chi connectivity index (χ0v) is 14.6. The molecule has 1 unspecified atom stereocenters. The number of ether oxygens (including phenoxy) is 1. The number of nitrogens with zero attached hydrogens (tertiary/aromatic N) is 1. The normalized spacial score (nSPS) is 21.2. The highest BCUT2D eigenvalue weighted by Crippen LogP contribution is 2.32. The average molecular weight is 303 g/mol. The van der Waals surface area contributed by atoms with Crippen LogP contribution < -0.4 is 0 Å². The second-order valence-electron chi connectivity index (χ2n) is 6.99. The maximum Gasteiger partial charge on any atom is 0.226 e. The zero-order chi connectivity index (χ0) is 16.3. The first kappa shape index (κ1) is 17.0. The van der Waals surface area contributed by atoms with Crippen LogP contribution in [0.2, 0.25) is 0 Å². The lowest BCUT2D eigenvalue weighted by Gasteiger charge is -2.46. The quantitative estimate of drug-likeness (QED) is 0.837. The summed E-state index contributed by atoms with van der Waals surface area (Å²) in [6.45, 7) is 11.7. The van der Waals surface area contributed by atoms with Gasteiger partial charge < -0.3 is 9.64 Å². The lowest BCUT2D eigenvalue weighted by molar-refractivity contribution is -0.159. The highest BCUT2D eigenvalue weighted by Gasteiger charge is 2.40. The molecule has 0 bridgehead atoms. The molecule has 1 atom stereocenters. The Labute approximate surface area is 134 Å². The molecular weight excluding hydrogens is 274 g/mol. The van der Waals surface area contributed by atoms with E-state index in [1.165, 1.54) is 5.56 Å². The van der Waals surface area contributed by atoms with Crippen LogP contribution in [0.3, 0.4) is 0 Å². The smallest absolute Gasteiger partial charge is 0.226 e. The molecular formula is C19H29NO2. The summed E-state index contributed by atoms with van der Waals surface area (Å²) in [6.07, 6.45) is 1.78. The van der Waals surface area contributed by atoms with Gasteiger partial charge in [0.1, 0.15) is 6.10 Å². The molecule has 1 aliphatic rings. The fourth-order valence-electron chi connectivity index (χ4n) is 3.08. The molecule has 1 amide bonds. The van der Waals surface area contributed by atoms with Crippen molar-refractivity contribution in [2.75, 3.05) is 13.2 Å². The molecule has 0 aliphatic carbocycles. The van der Waals surface area contributed by atoms with E-state index in [1.807, 2.05) is 4.90 Å². The molecule has 0 radical (unpaired) electrons. The molecule has 1 heterocycles. The van der Waals surface area contributed by atoms with Gasteiger partial charge in [0.15, 0.2) is 0 Å². The Morgan fingerprint density at radius 1 is 1.27 bits per heavy atom. The fourth-order valence-corrected chi connectivity index (χ4v) is 3.08. The summed E-state index contributed by atoms with van der Waals surface area (Å²) in [5.41, 5.74) is 2.16. The van der Waals surface area contributed by atoms with E-state index in [0.717, 1.165) is 18.4 Å². The van der Waals surface area contributed by atoms with Gasteiger partial charge >= 0.3 is 0 Å². The van der Waals surface area contributed by atoms with Gasteiger partial charge in [0.05, 0.1) is 18.7 Å². The molecule has 3 nitrogen and oxygen atoms in total. The predicted octanol–water partition coefficient (Wildman–Crippen LogP) is 4.11. The summed E-state index contributed by atoms with van der Waals surface area (Å²) >= 11 is 0. The lowest BCUT2D eigenvalue weighted by atomic mass is 9.93. The first-order valence-electron chi connectivity index (χ1n) is 8.38. The van der Waals surface area contributed by atoms with Crippen LogP contribution in [-0.2, 0) is 9.53 Å². The van der Waals surface area contributed by atoms with Gasteiger partial charge in [-0.2, -0.15) is 0 Å². The van der Waals surface area contributed by atoms with Crippen LogP contribution in [-0.4, -0.2) is 29.5 Å². The van der Waals surface area contributed by atoms with E-state index in [9.17, 15) is 4.79 Å². The number of carbonyl (C=O) groups is 1. The number of aryl methyl sites for hydroxylation is 1. The van der Waals surface area contributed by atoms with Gasteiger partial charge in [0.25, 0.3) is 0 Å². The van der Waals surface area contributed by atoms with Gasteiger partial charge in [-0.3, -0.25) is 4.79 Å². The van der Waals surface area contributed by atoms with Crippen LogP contribution in [0.1, 0.15) is 57.8 Å².